The number of piperidine rings is 2. The number of carbonyl (C=O) groups excluding carboxylic acids is 1. The van der Waals surface area contributed by atoms with E-state index in [0.717, 1.165) is 51.5 Å². The van der Waals surface area contributed by atoms with E-state index in [4.69, 9.17) is 0 Å². The van der Waals surface area contributed by atoms with Gasteiger partial charge in [0.2, 0.25) is 0 Å². The average molecular weight is 307 g/mol. The second-order valence-electron chi connectivity index (χ2n) is 6.34. The van der Waals surface area contributed by atoms with Crippen molar-refractivity contribution in [2.75, 3.05) is 39.8 Å². The summed E-state index contributed by atoms with van der Waals surface area (Å²) in [7, 11) is 1.36. The zero-order valence-electron chi connectivity index (χ0n) is 13.2. The minimum atomic E-state index is -0.424. The fourth-order valence-electron chi connectivity index (χ4n) is 3.51. The number of rotatable bonds is 4. The number of likely N-dealkylation sites (tertiary alicyclic amines) is 1. The molecule has 0 aliphatic carbocycles. The number of carbonyl (C=O) groups is 1. The fraction of sp³-hybridized carbons (Fsp3) is 0.800. The predicted octanol–water partition coefficient (Wildman–Crippen LogP) is 0.701. The van der Waals surface area contributed by atoms with Crippen LogP contribution in [0.25, 0.3) is 0 Å². The lowest BCUT2D eigenvalue weighted by Gasteiger charge is -2.36. The van der Waals surface area contributed by atoms with Gasteiger partial charge in [-0.25, -0.2) is 9.48 Å². The molecule has 122 valence electrons. The number of ether oxygens (including phenoxy) is 1. The zero-order chi connectivity index (χ0) is 15.4. The van der Waals surface area contributed by atoms with E-state index in [9.17, 15) is 4.79 Å². The van der Waals surface area contributed by atoms with Crippen LogP contribution in [-0.2, 0) is 4.74 Å². The molecule has 7 heteroatoms. The number of esters is 1. The molecular formula is C15H25N5O2. The molecule has 0 spiro atoms. The molecule has 1 aromatic heterocycles. The van der Waals surface area contributed by atoms with Gasteiger partial charge >= 0.3 is 5.97 Å². The van der Waals surface area contributed by atoms with E-state index in [1.54, 1.807) is 6.20 Å². The summed E-state index contributed by atoms with van der Waals surface area (Å²) < 4.78 is 6.52. The van der Waals surface area contributed by atoms with Crippen LogP contribution < -0.4 is 5.32 Å². The van der Waals surface area contributed by atoms with Gasteiger partial charge in [-0.15, -0.1) is 5.10 Å². The molecule has 2 saturated heterocycles. The Labute approximate surface area is 131 Å². The van der Waals surface area contributed by atoms with Gasteiger partial charge in [-0.2, -0.15) is 0 Å². The van der Waals surface area contributed by atoms with Crippen molar-refractivity contribution >= 4 is 5.97 Å². The van der Waals surface area contributed by atoms with Crippen molar-refractivity contribution < 1.29 is 9.53 Å². The predicted molar refractivity (Wildman–Crippen MR) is 81.7 cm³/mol. The first-order valence-corrected chi connectivity index (χ1v) is 8.19. The zero-order valence-corrected chi connectivity index (χ0v) is 13.2. The van der Waals surface area contributed by atoms with Gasteiger partial charge in [-0.05, 0) is 51.2 Å². The molecule has 3 heterocycles. The number of hydrogen-bond donors (Lipinski definition) is 1. The Morgan fingerprint density at radius 3 is 3.14 bits per heavy atom. The van der Waals surface area contributed by atoms with Gasteiger partial charge < -0.3 is 15.0 Å². The standard InChI is InChI=1S/C15H25N5O2/c1-22-15(21)14-11-20(18-17-14)13-5-3-7-19(10-13)9-12-4-2-6-16-8-12/h11-13,16H,2-10H2,1H3. The maximum absolute atomic E-state index is 11.5. The number of methoxy groups -OCH3 is 1. The molecule has 1 aromatic rings. The summed E-state index contributed by atoms with van der Waals surface area (Å²) >= 11 is 0. The van der Waals surface area contributed by atoms with Crippen molar-refractivity contribution in [2.45, 2.75) is 31.7 Å². The highest BCUT2D eigenvalue weighted by atomic mass is 16.5. The molecule has 7 nitrogen and oxygen atoms in total. The Balaban J connectivity index is 1.57. The van der Waals surface area contributed by atoms with Crippen LogP contribution >= 0.6 is 0 Å². The lowest BCUT2D eigenvalue weighted by molar-refractivity contribution is 0.0594. The first-order valence-electron chi connectivity index (χ1n) is 8.19. The molecule has 0 bridgehead atoms. The van der Waals surface area contributed by atoms with E-state index in [2.05, 4.69) is 25.3 Å². The third kappa shape index (κ3) is 3.64. The molecule has 22 heavy (non-hydrogen) atoms. The third-order valence-corrected chi connectivity index (χ3v) is 4.67. The number of nitrogens with one attached hydrogen (secondary N) is 1. The highest BCUT2D eigenvalue weighted by Crippen LogP contribution is 2.23. The van der Waals surface area contributed by atoms with E-state index in [1.165, 1.54) is 20.0 Å². The van der Waals surface area contributed by atoms with Gasteiger partial charge in [0.15, 0.2) is 5.69 Å². The number of hydrogen-bond acceptors (Lipinski definition) is 6. The summed E-state index contributed by atoms with van der Waals surface area (Å²) in [5.41, 5.74) is 0.288. The van der Waals surface area contributed by atoms with E-state index >= 15 is 0 Å². The van der Waals surface area contributed by atoms with Crippen LogP contribution in [0.3, 0.4) is 0 Å². The van der Waals surface area contributed by atoms with Crippen molar-refractivity contribution in [3.05, 3.63) is 11.9 Å². The summed E-state index contributed by atoms with van der Waals surface area (Å²) in [4.78, 5) is 14.0. The smallest absolute Gasteiger partial charge is 0.360 e. The first kappa shape index (κ1) is 15.4. The van der Waals surface area contributed by atoms with Gasteiger partial charge in [0.25, 0.3) is 0 Å². The molecule has 2 aliphatic heterocycles. The van der Waals surface area contributed by atoms with Crippen LogP contribution in [0.5, 0.6) is 0 Å². The van der Waals surface area contributed by atoms with Crippen molar-refractivity contribution in [3.63, 3.8) is 0 Å². The second-order valence-corrected chi connectivity index (χ2v) is 6.34. The van der Waals surface area contributed by atoms with Crippen LogP contribution in [0.15, 0.2) is 6.20 Å². The van der Waals surface area contributed by atoms with Crippen LogP contribution in [0.2, 0.25) is 0 Å². The number of nitrogens with zero attached hydrogens (tertiary/aromatic N) is 4. The van der Waals surface area contributed by atoms with E-state index < -0.39 is 5.97 Å². The first-order chi connectivity index (χ1) is 10.8. The van der Waals surface area contributed by atoms with Gasteiger partial charge in [0.1, 0.15) is 0 Å². The summed E-state index contributed by atoms with van der Waals surface area (Å²) in [6.45, 7) is 5.60. The largest absolute Gasteiger partial charge is 0.464 e. The molecule has 0 aromatic carbocycles. The van der Waals surface area contributed by atoms with Crippen LogP contribution in [0.4, 0.5) is 0 Å². The molecule has 3 rings (SSSR count). The summed E-state index contributed by atoms with van der Waals surface area (Å²) in [6.07, 6.45) is 6.57. The molecule has 2 atom stereocenters. The normalized spacial score (nSPS) is 26.8. The van der Waals surface area contributed by atoms with Crippen LogP contribution in [0, 0.1) is 5.92 Å². The van der Waals surface area contributed by atoms with E-state index in [0.29, 0.717) is 6.04 Å². The van der Waals surface area contributed by atoms with Crippen molar-refractivity contribution in [1.29, 1.82) is 0 Å². The molecule has 0 amide bonds. The Kier molecular flexibility index (Phi) is 5.04. The maximum atomic E-state index is 11.5. The highest BCUT2D eigenvalue weighted by molar-refractivity contribution is 5.86. The summed E-state index contributed by atoms with van der Waals surface area (Å²) in [5, 5.41) is 11.5. The third-order valence-electron chi connectivity index (χ3n) is 4.67. The van der Waals surface area contributed by atoms with Gasteiger partial charge in [-0.3, -0.25) is 0 Å². The second kappa shape index (κ2) is 7.19. The minimum absolute atomic E-state index is 0.288. The average Bonchev–Trinajstić information content (AvgIpc) is 3.05. The molecular weight excluding hydrogens is 282 g/mol. The molecule has 0 radical (unpaired) electrons. The Hall–Kier alpha value is -1.47. The van der Waals surface area contributed by atoms with Gasteiger partial charge in [0.05, 0.1) is 19.3 Å². The topological polar surface area (TPSA) is 72.3 Å². The monoisotopic (exact) mass is 307 g/mol. The van der Waals surface area contributed by atoms with Gasteiger partial charge in [-0.1, -0.05) is 5.21 Å². The Morgan fingerprint density at radius 1 is 1.45 bits per heavy atom. The molecule has 0 saturated carbocycles. The minimum Gasteiger partial charge on any atom is -0.464 e. The molecule has 1 N–H and O–H groups in total. The van der Waals surface area contributed by atoms with Crippen molar-refractivity contribution in [3.8, 4) is 0 Å². The summed E-state index contributed by atoms with van der Waals surface area (Å²) in [6, 6.07) is 0.302. The molecule has 2 aliphatic rings. The quantitative estimate of drug-likeness (QED) is 0.826. The van der Waals surface area contributed by atoms with Crippen molar-refractivity contribution in [1.82, 2.24) is 25.2 Å². The van der Waals surface area contributed by atoms with Crippen LogP contribution in [-0.4, -0.2) is 65.7 Å². The number of aromatic nitrogens is 3. The fourth-order valence-corrected chi connectivity index (χ4v) is 3.51. The highest BCUT2D eigenvalue weighted by Gasteiger charge is 2.25. The SMILES string of the molecule is COC(=O)c1cn(C2CCCN(CC3CCCNC3)C2)nn1. The summed E-state index contributed by atoms with van der Waals surface area (Å²) in [5.74, 6) is 0.334. The Bertz CT molecular complexity index is 498. The lowest BCUT2D eigenvalue weighted by atomic mass is 9.97. The van der Waals surface area contributed by atoms with Gasteiger partial charge in [0, 0.05) is 13.1 Å². The maximum Gasteiger partial charge on any atom is 0.360 e. The molecule has 2 unspecified atom stereocenters. The molecule has 2 fully saturated rings. The Morgan fingerprint density at radius 2 is 2.36 bits per heavy atom. The van der Waals surface area contributed by atoms with E-state index in [-0.39, 0.29) is 5.69 Å². The lowest BCUT2D eigenvalue weighted by Crippen LogP contribution is -2.43. The van der Waals surface area contributed by atoms with Crippen LogP contribution in [0.1, 0.15) is 42.2 Å². The van der Waals surface area contributed by atoms with E-state index in [1.807, 2.05) is 4.68 Å². The van der Waals surface area contributed by atoms with Crippen molar-refractivity contribution in [2.24, 2.45) is 5.92 Å².